The minimum atomic E-state index is -0.298. The fourth-order valence-corrected chi connectivity index (χ4v) is 2.98. The van der Waals surface area contributed by atoms with E-state index in [-0.39, 0.29) is 5.97 Å². The molecule has 0 fully saturated rings. The summed E-state index contributed by atoms with van der Waals surface area (Å²) in [5.74, 6) is 0.581. The molecule has 1 heterocycles. The maximum absolute atomic E-state index is 12.2. The van der Waals surface area contributed by atoms with Gasteiger partial charge in [-0.05, 0) is 56.0 Å². The lowest BCUT2D eigenvalue weighted by Crippen LogP contribution is -2.09. The van der Waals surface area contributed by atoms with E-state index in [1.165, 1.54) is 5.56 Å². The number of aromatic amines is 1. The molecule has 0 saturated heterocycles. The first-order chi connectivity index (χ1) is 12.2. The number of rotatable bonds is 7. The molecule has 0 aliphatic carbocycles. The SMILES string of the molecule is CCOC(=O)c1[nH]c2ccccc2c1CCCOc1cccc(C)c1. The highest BCUT2D eigenvalue weighted by Crippen LogP contribution is 2.24. The average Bonchev–Trinajstić information content (AvgIpc) is 2.98. The molecule has 3 rings (SSSR count). The van der Waals surface area contributed by atoms with E-state index in [9.17, 15) is 4.79 Å². The van der Waals surface area contributed by atoms with Gasteiger partial charge >= 0.3 is 5.97 Å². The van der Waals surface area contributed by atoms with E-state index in [1.54, 1.807) is 0 Å². The molecule has 0 unspecified atom stereocenters. The van der Waals surface area contributed by atoms with Crippen molar-refractivity contribution in [2.75, 3.05) is 13.2 Å². The summed E-state index contributed by atoms with van der Waals surface area (Å²) in [6.45, 7) is 4.83. The van der Waals surface area contributed by atoms with Crippen molar-refractivity contribution in [2.45, 2.75) is 26.7 Å². The number of para-hydroxylation sites is 1. The van der Waals surface area contributed by atoms with E-state index in [1.807, 2.05) is 62.4 Å². The van der Waals surface area contributed by atoms with E-state index in [0.29, 0.717) is 18.9 Å². The van der Waals surface area contributed by atoms with Gasteiger partial charge in [0.1, 0.15) is 11.4 Å². The summed E-state index contributed by atoms with van der Waals surface area (Å²) in [6.07, 6.45) is 1.58. The number of ether oxygens (including phenoxy) is 2. The van der Waals surface area contributed by atoms with Crippen molar-refractivity contribution in [3.8, 4) is 5.75 Å². The molecule has 0 spiro atoms. The van der Waals surface area contributed by atoms with Crippen LogP contribution in [0, 0.1) is 6.92 Å². The van der Waals surface area contributed by atoms with Crippen LogP contribution in [0.5, 0.6) is 5.75 Å². The van der Waals surface area contributed by atoms with E-state index >= 15 is 0 Å². The first-order valence-electron chi connectivity index (χ1n) is 8.65. The van der Waals surface area contributed by atoms with E-state index < -0.39 is 0 Å². The van der Waals surface area contributed by atoms with Gasteiger partial charge in [-0.25, -0.2) is 4.79 Å². The number of hydrogen-bond donors (Lipinski definition) is 1. The van der Waals surface area contributed by atoms with Crippen molar-refractivity contribution >= 4 is 16.9 Å². The molecule has 0 radical (unpaired) electrons. The highest BCUT2D eigenvalue weighted by Gasteiger charge is 2.18. The predicted octanol–water partition coefficient (Wildman–Crippen LogP) is 4.66. The Labute approximate surface area is 147 Å². The van der Waals surface area contributed by atoms with Crippen molar-refractivity contribution < 1.29 is 14.3 Å². The third-order valence-electron chi connectivity index (χ3n) is 4.12. The third kappa shape index (κ3) is 4.02. The molecule has 0 aliphatic rings. The predicted molar refractivity (Wildman–Crippen MR) is 99.3 cm³/mol. The van der Waals surface area contributed by atoms with Gasteiger partial charge in [0, 0.05) is 10.9 Å². The Kier molecular flexibility index (Phi) is 5.39. The van der Waals surface area contributed by atoms with Crippen LogP contribution in [0.1, 0.15) is 35.0 Å². The van der Waals surface area contributed by atoms with Gasteiger partial charge in [-0.1, -0.05) is 30.3 Å². The first-order valence-corrected chi connectivity index (χ1v) is 8.65. The molecule has 2 aromatic carbocycles. The van der Waals surface area contributed by atoms with Gasteiger partial charge in [0.25, 0.3) is 0 Å². The minimum Gasteiger partial charge on any atom is -0.494 e. The lowest BCUT2D eigenvalue weighted by molar-refractivity contribution is 0.0519. The highest BCUT2D eigenvalue weighted by molar-refractivity contribution is 5.98. The number of carbonyl (C=O) groups is 1. The average molecular weight is 337 g/mol. The summed E-state index contributed by atoms with van der Waals surface area (Å²) < 4.78 is 11.0. The summed E-state index contributed by atoms with van der Waals surface area (Å²) >= 11 is 0. The Morgan fingerprint density at radius 2 is 1.96 bits per heavy atom. The van der Waals surface area contributed by atoms with E-state index in [0.717, 1.165) is 35.1 Å². The quantitative estimate of drug-likeness (QED) is 0.504. The molecule has 0 atom stereocenters. The second-order valence-corrected chi connectivity index (χ2v) is 6.01. The summed E-state index contributed by atoms with van der Waals surface area (Å²) in [4.78, 5) is 15.4. The molecule has 1 N–H and O–H groups in total. The number of benzene rings is 2. The standard InChI is InChI=1S/C21H23NO3/c1-3-24-21(23)20-18(17-10-4-5-12-19(17)22-20)11-7-13-25-16-9-6-8-15(2)14-16/h4-6,8-10,12,14,22H,3,7,11,13H2,1-2H3. The Bertz CT molecular complexity index is 866. The molecular formula is C21H23NO3. The number of aryl methyl sites for hydroxylation is 2. The fourth-order valence-electron chi connectivity index (χ4n) is 2.98. The lowest BCUT2D eigenvalue weighted by Gasteiger charge is -2.08. The first kappa shape index (κ1) is 17.1. The molecule has 3 aromatic rings. The normalized spacial score (nSPS) is 10.8. The molecule has 0 bridgehead atoms. The van der Waals surface area contributed by atoms with Crippen LogP contribution in [0.2, 0.25) is 0 Å². The van der Waals surface area contributed by atoms with Gasteiger partial charge in [0.05, 0.1) is 13.2 Å². The van der Waals surface area contributed by atoms with Crippen LogP contribution in [0.3, 0.4) is 0 Å². The molecule has 4 nitrogen and oxygen atoms in total. The minimum absolute atomic E-state index is 0.298. The Morgan fingerprint density at radius 1 is 1.12 bits per heavy atom. The molecule has 0 amide bonds. The van der Waals surface area contributed by atoms with Crippen molar-refractivity contribution in [1.29, 1.82) is 0 Å². The van der Waals surface area contributed by atoms with Gasteiger partial charge in [0.2, 0.25) is 0 Å². The molecular weight excluding hydrogens is 314 g/mol. The van der Waals surface area contributed by atoms with Crippen LogP contribution < -0.4 is 4.74 Å². The van der Waals surface area contributed by atoms with Gasteiger partial charge in [0.15, 0.2) is 0 Å². The Balaban J connectivity index is 1.71. The number of esters is 1. The number of carbonyl (C=O) groups excluding carboxylic acids is 1. The van der Waals surface area contributed by atoms with Crippen LogP contribution >= 0.6 is 0 Å². The highest BCUT2D eigenvalue weighted by atomic mass is 16.5. The second-order valence-electron chi connectivity index (χ2n) is 6.01. The van der Waals surface area contributed by atoms with Crippen LogP contribution in [0.25, 0.3) is 10.9 Å². The number of nitrogens with one attached hydrogen (secondary N) is 1. The number of aromatic nitrogens is 1. The molecule has 0 saturated carbocycles. The summed E-state index contributed by atoms with van der Waals surface area (Å²) in [7, 11) is 0. The molecule has 130 valence electrons. The number of fused-ring (bicyclic) bond motifs is 1. The third-order valence-corrected chi connectivity index (χ3v) is 4.12. The van der Waals surface area contributed by atoms with Crippen LogP contribution in [-0.4, -0.2) is 24.2 Å². The molecule has 25 heavy (non-hydrogen) atoms. The number of H-pyrrole nitrogens is 1. The molecule has 4 heteroatoms. The van der Waals surface area contributed by atoms with Crippen molar-refractivity contribution in [3.05, 3.63) is 65.4 Å². The maximum Gasteiger partial charge on any atom is 0.355 e. The Hall–Kier alpha value is -2.75. The maximum atomic E-state index is 12.2. The zero-order valence-corrected chi connectivity index (χ0v) is 14.7. The largest absolute Gasteiger partial charge is 0.494 e. The lowest BCUT2D eigenvalue weighted by atomic mass is 10.1. The second kappa shape index (κ2) is 7.88. The van der Waals surface area contributed by atoms with Crippen molar-refractivity contribution in [3.63, 3.8) is 0 Å². The zero-order chi connectivity index (χ0) is 17.6. The van der Waals surface area contributed by atoms with E-state index in [4.69, 9.17) is 9.47 Å². The Morgan fingerprint density at radius 3 is 2.76 bits per heavy atom. The van der Waals surface area contributed by atoms with Gasteiger partial charge < -0.3 is 14.5 Å². The van der Waals surface area contributed by atoms with Gasteiger partial charge in [-0.2, -0.15) is 0 Å². The number of hydrogen-bond acceptors (Lipinski definition) is 3. The van der Waals surface area contributed by atoms with E-state index in [2.05, 4.69) is 4.98 Å². The smallest absolute Gasteiger partial charge is 0.355 e. The summed E-state index contributed by atoms with van der Waals surface area (Å²) in [5.41, 5.74) is 3.69. The van der Waals surface area contributed by atoms with Crippen LogP contribution in [-0.2, 0) is 11.2 Å². The van der Waals surface area contributed by atoms with Crippen molar-refractivity contribution in [1.82, 2.24) is 4.98 Å². The van der Waals surface area contributed by atoms with Crippen molar-refractivity contribution in [2.24, 2.45) is 0 Å². The fraction of sp³-hybridized carbons (Fsp3) is 0.286. The van der Waals surface area contributed by atoms with Gasteiger partial charge in [-0.15, -0.1) is 0 Å². The van der Waals surface area contributed by atoms with Gasteiger partial charge in [-0.3, -0.25) is 0 Å². The van der Waals surface area contributed by atoms with Crippen LogP contribution in [0.15, 0.2) is 48.5 Å². The van der Waals surface area contributed by atoms with Crippen LogP contribution in [0.4, 0.5) is 0 Å². The monoisotopic (exact) mass is 337 g/mol. The molecule has 0 aliphatic heterocycles. The summed E-state index contributed by atoms with van der Waals surface area (Å²) in [5, 5.41) is 1.07. The summed E-state index contributed by atoms with van der Waals surface area (Å²) in [6, 6.07) is 16.0. The molecule has 1 aromatic heterocycles. The zero-order valence-electron chi connectivity index (χ0n) is 14.7. The topological polar surface area (TPSA) is 51.3 Å².